The van der Waals surface area contributed by atoms with E-state index in [1.54, 1.807) is 67.8 Å². The predicted octanol–water partition coefficient (Wildman–Crippen LogP) is 4.81. The number of benzene rings is 3. The fourth-order valence-electron chi connectivity index (χ4n) is 3.50. The van der Waals surface area contributed by atoms with E-state index in [-0.39, 0.29) is 17.9 Å². The lowest BCUT2D eigenvalue weighted by atomic mass is 10.1. The van der Waals surface area contributed by atoms with Crippen molar-refractivity contribution in [2.24, 2.45) is 5.73 Å². The van der Waals surface area contributed by atoms with E-state index in [1.807, 2.05) is 20.8 Å². The highest BCUT2D eigenvalue weighted by molar-refractivity contribution is 7.94. The van der Waals surface area contributed by atoms with Crippen LogP contribution in [0.4, 0.5) is 0 Å². The number of esters is 1. The third-order valence-corrected chi connectivity index (χ3v) is 6.70. The first-order valence-electron chi connectivity index (χ1n) is 12.0. The Balaban J connectivity index is 1.56. The summed E-state index contributed by atoms with van der Waals surface area (Å²) in [4.78, 5) is 12.2. The number of aromatic hydroxyl groups is 1. The zero-order valence-corrected chi connectivity index (χ0v) is 22.7. The quantitative estimate of drug-likeness (QED) is 0.278. The standard InChI is InChI=1S/C29H33NO7S/c1-29(2,3)37-27-14-7-21(17-26(27)31)15-16-38(33,34)19-25(30)22-8-12-24(13-9-22)36-28(32)18-20-5-10-23(35-4)11-6-20/h5-17,25,31H,18-19,30H2,1-4H3. The monoisotopic (exact) mass is 539 g/mol. The molecule has 3 N–H and O–H groups in total. The van der Waals surface area contributed by atoms with E-state index in [0.717, 1.165) is 11.0 Å². The summed E-state index contributed by atoms with van der Waals surface area (Å²) in [7, 11) is -2.09. The first kappa shape index (κ1) is 28.7. The van der Waals surface area contributed by atoms with Crippen molar-refractivity contribution in [1.82, 2.24) is 0 Å². The smallest absolute Gasteiger partial charge is 0.315 e. The lowest BCUT2D eigenvalue weighted by Crippen LogP contribution is -2.22. The van der Waals surface area contributed by atoms with Gasteiger partial charge in [-0.25, -0.2) is 8.42 Å². The number of phenols is 1. The molecule has 3 aromatic rings. The van der Waals surface area contributed by atoms with E-state index >= 15 is 0 Å². The Kier molecular flexibility index (Phi) is 9.19. The highest BCUT2D eigenvalue weighted by Gasteiger charge is 2.17. The second-order valence-electron chi connectivity index (χ2n) is 9.75. The molecule has 0 spiro atoms. The molecule has 0 aliphatic carbocycles. The van der Waals surface area contributed by atoms with Gasteiger partial charge in [-0.1, -0.05) is 30.3 Å². The highest BCUT2D eigenvalue weighted by Crippen LogP contribution is 2.30. The normalized spacial score (nSPS) is 12.8. The number of hydrogen-bond acceptors (Lipinski definition) is 8. The molecule has 0 amide bonds. The molecule has 0 fully saturated rings. The van der Waals surface area contributed by atoms with Crippen molar-refractivity contribution in [1.29, 1.82) is 0 Å². The van der Waals surface area contributed by atoms with Crippen molar-refractivity contribution in [3.63, 3.8) is 0 Å². The fourth-order valence-corrected chi connectivity index (χ4v) is 4.67. The van der Waals surface area contributed by atoms with Crippen molar-refractivity contribution in [3.05, 3.63) is 88.8 Å². The third-order valence-electron chi connectivity index (χ3n) is 5.33. The summed E-state index contributed by atoms with van der Waals surface area (Å²) >= 11 is 0. The van der Waals surface area contributed by atoms with Crippen LogP contribution in [0.25, 0.3) is 6.08 Å². The number of methoxy groups -OCH3 is 1. The SMILES string of the molecule is COc1ccc(CC(=O)Oc2ccc(C(N)CS(=O)(=O)C=Cc3ccc(OC(C)(C)C)c(O)c3)cc2)cc1. The van der Waals surface area contributed by atoms with E-state index in [0.29, 0.717) is 28.4 Å². The molecular formula is C29H33NO7S. The van der Waals surface area contributed by atoms with E-state index in [1.165, 1.54) is 12.1 Å². The summed E-state index contributed by atoms with van der Waals surface area (Å²) in [6.45, 7) is 5.58. The van der Waals surface area contributed by atoms with Gasteiger partial charge in [-0.2, -0.15) is 0 Å². The number of rotatable bonds is 10. The van der Waals surface area contributed by atoms with Crippen LogP contribution in [0.2, 0.25) is 0 Å². The van der Waals surface area contributed by atoms with Crippen molar-refractivity contribution in [3.8, 4) is 23.0 Å². The molecular weight excluding hydrogens is 506 g/mol. The molecule has 1 atom stereocenters. The summed E-state index contributed by atoms with van der Waals surface area (Å²) in [5, 5.41) is 11.3. The Labute approximate surface area is 223 Å². The molecule has 0 aliphatic heterocycles. The summed E-state index contributed by atoms with van der Waals surface area (Å²) < 4.78 is 41.4. The minimum atomic E-state index is -3.66. The fraction of sp³-hybridized carbons (Fsp3) is 0.276. The van der Waals surface area contributed by atoms with Crippen molar-refractivity contribution in [2.75, 3.05) is 12.9 Å². The van der Waals surface area contributed by atoms with Gasteiger partial charge in [0.25, 0.3) is 0 Å². The molecule has 1 unspecified atom stereocenters. The predicted molar refractivity (Wildman–Crippen MR) is 147 cm³/mol. The molecule has 3 aromatic carbocycles. The van der Waals surface area contributed by atoms with Crippen LogP contribution in [-0.2, 0) is 21.1 Å². The molecule has 3 rings (SSSR count). The minimum absolute atomic E-state index is 0.0824. The van der Waals surface area contributed by atoms with Crippen molar-refractivity contribution >= 4 is 21.9 Å². The maximum absolute atomic E-state index is 12.6. The van der Waals surface area contributed by atoms with Crippen LogP contribution in [0.1, 0.15) is 43.5 Å². The highest BCUT2D eigenvalue weighted by atomic mass is 32.2. The maximum Gasteiger partial charge on any atom is 0.315 e. The first-order chi connectivity index (χ1) is 17.8. The van der Waals surface area contributed by atoms with Gasteiger partial charge in [0.1, 0.15) is 17.1 Å². The van der Waals surface area contributed by atoms with Crippen molar-refractivity contribution in [2.45, 2.75) is 38.8 Å². The number of nitrogens with two attached hydrogens (primary N) is 1. The number of carbonyl (C=O) groups is 1. The largest absolute Gasteiger partial charge is 0.504 e. The van der Waals surface area contributed by atoms with E-state index < -0.39 is 27.4 Å². The molecule has 8 nitrogen and oxygen atoms in total. The lowest BCUT2D eigenvalue weighted by Gasteiger charge is -2.21. The van der Waals surface area contributed by atoms with Gasteiger partial charge in [0.2, 0.25) is 0 Å². The molecule has 0 aromatic heterocycles. The number of hydrogen-bond donors (Lipinski definition) is 2. The average Bonchev–Trinajstić information content (AvgIpc) is 2.84. The van der Waals surface area contributed by atoms with Crippen LogP contribution in [0, 0.1) is 0 Å². The molecule has 0 aliphatic rings. The molecule has 9 heteroatoms. The molecule has 0 radical (unpaired) electrons. The van der Waals surface area contributed by atoms with Gasteiger partial charge in [0, 0.05) is 11.4 Å². The van der Waals surface area contributed by atoms with E-state index in [9.17, 15) is 18.3 Å². The van der Waals surface area contributed by atoms with Crippen LogP contribution >= 0.6 is 0 Å². The van der Waals surface area contributed by atoms with Gasteiger partial charge in [0.05, 0.1) is 19.3 Å². The average molecular weight is 540 g/mol. The summed E-state index contributed by atoms with van der Waals surface area (Å²) in [6.07, 6.45) is 1.49. The second kappa shape index (κ2) is 12.1. The van der Waals surface area contributed by atoms with Crippen LogP contribution < -0.4 is 19.9 Å². The van der Waals surface area contributed by atoms with Gasteiger partial charge in [-0.15, -0.1) is 0 Å². The second-order valence-corrected chi connectivity index (χ2v) is 11.7. The topological polar surface area (TPSA) is 125 Å². The van der Waals surface area contributed by atoms with Crippen molar-refractivity contribution < 1.29 is 32.5 Å². The van der Waals surface area contributed by atoms with Crippen LogP contribution in [0.15, 0.2) is 72.1 Å². The Bertz CT molecular complexity index is 1370. The van der Waals surface area contributed by atoms with Gasteiger partial charge in [-0.3, -0.25) is 4.79 Å². The first-order valence-corrected chi connectivity index (χ1v) is 13.7. The molecule has 0 saturated heterocycles. The zero-order valence-electron chi connectivity index (χ0n) is 21.9. The Morgan fingerprint density at radius 3 is 2.21 bits per heavy atom. The van der Waals surface area contributed by atoms with Crippen LogP contribution in [0.5, 0.6) is 23.0 Å². The number of ether oxygens (including phenoxy) is 3. The van der Waals surface area contributed by atoms with Crippen LogP contribution in [-0.4, -0.2) is 38.0 Å². The van der Waals surface area contributed by atoms with Gasteiger partial charge < -0.3 is 25.1 Å². The molecule has 38 heavy (non-hydrogen) atoms. The van der Waals surface area contributed by atoms with Gasteiger partial charge >= 0.3 is 5.97 Å². The Morgan fingerprint density at radius 2 is 1.63 bits per heavy atom. The third kappa shape index (κ3) is 8.93. The van der Waals surface area contributed by atoms with E-state index in [4.69, 9.17) is 19.9 Å². The number of carbonyl (C=O) groups excluding carboxylic acids is 1. The molecule has 0 heterocycles. The lowest BCUT2D eigenvalue weighted by molar-refractivity contribution is -0.133. The van der Waals surface area contributed by atoms with Gasteiger partial charge in [-0.05, 0) is 79.9 Å². The summed E-state index contributed by atoms with van der Waals surface area (Å²) in [5.41, 5.74) is 7.53. The summed E-state index contributed by atoms with van der Waals surface area (Å²) in [6, 6.07) is 17.4. The molecule has 202 valence electrons. The Hall–Kier alpha value is -3.82. The minimum Gasteiger partial charge on any atom is -0.504 e. The molecule has 0 saturated carbocycles. The van der Waals surface area contributed by atoms with E-state index in [2.05, 4.69) is 0 Å². The number of sulfone groups is 1. The summed E-state index contributed by atoms with van der Waals surface area (Å²) in [5.74, 6) is 0.517. The van der Waals surface area contributed by atoms with Gasteiger partial charge in [0.15, 0.2) is 21.3 Å². The Morgan fingerprint density at radius 1 is 1.00 bits per heavy atom. The zero-order chi connectivity index (χ0) is 27.9. The maximum atomic E-state index is 12.6. The van der Waals surface area contributed by atoms with Crippen LogP contribution in [0.3, 0.4) is 0 Å². The molecule has 0 bridgehead atoms. The number of phenolic OH excluding ortho intramolecular Hbond substituents is 1.